The zero-order chi connectivity index (χ0) is 10.7. The Balaban J connectivity index is -0.000000640. The van der Waals surface area contributed by atoms with Gasteiger partial charge in [-0.1, -0.05) is 59.7 Å². The van der Waals surface area contributed by atoms with Crippen molar-refractivity contribution in [2.24, 2.45) is 0 Å². The van der Waals surface area contributed by atoms with Crippen LogP contribution in [0, 0.1) is 13.8 Å². The van der Waals surface area contributed by atoms with Gasteiger partial charge in [0.05, 0.1) is 0 Å². The van der Waals surface area contributed by atoms with Crippen LogP contribution in [0.25, 0.3) is 0 Å². The molecule has 0 aliphatic heterocycles. The van der Waals surface area contributed by atoms with E-state index < -0.39 is 0 Å². The second kappa shape index (κ2) is 12.9. The first-order chi connectivity index (χ1) is 7.24. The maximum atomic E-state index is 2.24. The van der Waals surface area contributed by atoms with E-state index >= 15 is 0 Å². The molecule has 0 spiro atoms. The molecule has 0 aliphatic carbocycles. The quantitative estimate of drug-likeness (QED) is 0.346. The molecule has 5 heteroatoms. The third-order valence-electron chi connectivity index (χ3n) is 2.26. The van der Waals surface area contributed by atoms with Gasteiger partial charge in [0.1, 0.15) is 0 Å². The van der Waals surface area contributed by atoms with Crippen molar-refractivity contribution in [2.75, 3.05) is 0 Å². The van der Waals surface area contributed by atoms with Gasteiger partial charge in [0.15, 0.2) is 0 Å². The van der Waals surface area contributed by atoms with Gasteiger partial charge >= 0.3 is 41.9 Å². The average molecular weight is 404 g/mol. The second-order valence-corrected chi connectivity index (χ2v) is 5.05. The molecule has 0 amide bonds. The Morgan fingerprint density at radius 1 is 0.737 bits per heavy atom. The second-order valence-electron chi connectivity index (χ2n) is 3.79. The topological polar surface area (TPSA) is 0 Å². The van der Waals surface area contributed by atoms with Crippen LogP contribution in [-0.2, 0) is 0 Å². The first-order valence-electron chi connectivity index (χ1n) is 5.09. The number of benzene rings is 2. The predicted molar refractivity (Wildman–Crippen MR) is 74.3 cm³/mol. The van der Waals surface area contributed by atoms with Crippen LogP contribution in [0.1, 0.15) is 11.1 Å². The normalized spacial score (nSPS) is 8.11. The summed E-state index contributed by atoms with van der Waals surface area (Å²) >= 11 is 0. The molecule has 0 saturated carbocycles. The van der Waals surface area contributed by atoms with Crippen LogP contribution in [0.5, 0.6) is 0 Å². The molecule has 19 heavy (non-hydrogen) atoms. The summed E-state index contributed by atoms with van der Waals surface area (Å²) in [6.45, 7) is 4.27. The minimum Gasteiger partial charge on any atom is -1.00 e. The molecule has 92 valence electrons. The smallest absolute Gasteiger partial charge is 1.00 e. The fourth-order valence-corrected chi connectivity index (χ4v) is 2.70. The van der Waals surface area contributed by atoms with E-state index in [1.54, 1.807) is 0 Å². The third-order valence-corrected chi connectivity index (χ3v) is 3.33. The van der Waals surface area contributed by atoms with E-state index in [1.807, 2.05) is 0 Å². The van der Waals surface area contributed by atoms with Crippen LogP contribution in [0.3, 0.4) is 0 Å². The molecular formula is C14H14Br2LiMgP. The van der Waals surface area contributed by atoms with Gasteiger partial charge in [0.25, 0.3) is 0 Å². The van der Waals surface area contributed by atoms with Gasteiger partial charge < -0.3 is 42.5 Å². The first kappa shape index (κ1) is 25.2. The molecule has 0 heterocycles. The monoisotopic (exact) mass is 402 g/mol. The van der Waals surface area contributed by atoms with Crippen LogP contribution in [-0.4, -0.2) is 23.1 Å². The molecule has 0 bridgehead atoms. The molecular weight excluding hydrogens is 390 g/mol. The largest absolute Gasteiger partial charge is 2.00 e. The average Bonchev–Trinajstić information content (AvgIpc) is 2.17. The third kappa shape index (κ3) is 8.94. The van der Waals surface area contributed by atoms with Gasteiger partial charge in [-0.15, -0.1) is 0 Å². The van der Waals surface area contributed by atoms with Crippen LogP contribution < -0.4 is 63.4 Å². The summed E-state index contributed by atoms with van der Waals surface area (Å²) in [7, 11) is 1.29. The molecule has 2 rings (SSSR count). The Hall–Kier alpha value is 1.19. The fraction of sp³-hybridized carbons (Fsp3) is 0.143. The Morgan fingerprint density at radius 3 is 1.42 bits per heavy atom. The molecule has 0 fully saturated rings. The molecule has 0 unspecified atom stereocenters. The zero-order valence-corrected chi connectivity index (χ0v) is 17.0. The van der Waals surface area contributed by atoms with Crippen LogP contribution in [0.2, 0.25) is 0 Å². The van der Waals surface area contributed by atoms with E-state index in [9.17, 15) is 0 Å². The predicted octanol–water partition coefficient (Wildman–Crippen LogP) is -6.17. The maximum absolute atomic E-state index is 2.24. The van der Waals surface area contributed by atoms with Crippen molar-refractivity contribution in [1.29, 1.82) is 0 Å². The summed E-state index contributed by atoms with van der Waals surface area (Å²) in [5.41, 5.74) is 2.65. The number of rotatable bonds is 2. The van der Waals surface area contributed by atoms with Crippen molar-refractivity contribution in [2.45, 2.75) is 13.8 Å². The fourth-order valence-electron chi connectivity index (χ4n) is 1.54. The standard InChI is InChI=1S/C14H14P.2BrH.Li.Mg/c1-11-5-3-7-13(9-11)15-14-8-4-6-12(2)10-14;;;;/h3-10H,1-2H3;2*1H;;/q-1;;;+1;+2/p-2. The Kier molecular flexibility index (Phi) is 17.1. The summed E-state index contributed by atoms with van der Waals surface area (Å²) in [5.74, 6) is 0. The molecule has 2 aromatic carbocycles. The van der Waals surface area contributed by atoms with E-state index in [4.69, 9.17) is 0 Å². The number of aryl methyl sites for hydroxylation is 2. The Bertz CT molecular complexity index is 437. The minimum absolute atomic E-state index is 0. The van der Waals surface area contributed by atoms with Crippen LogP contribution in [0.4, 0.5) is 0 Å². The van der Waals surface area contributed by atoms with E-state index in [0.717, 1.165) is 0 Å². The summed E-state index contributed by atoms with van der Waals surface area (Å²) in [5, 5.41) is 2.72. The number of halogens is 2. The van der Waals surface area contributed by atoms with Crippen molar-refractivity contribution >= 4 is 42.2 Å². The van der Waals surface area contributed by atoms with E-state index in [2.05, 4.69) is 62.4 Å². The number of hydrogen-bond donors (Lipinski definition) is 0. The Morgan fingerprint density at radius 2 is 1.11 bits per heavy atom. The van der Waals surface area contributed by atoms with Crippen molar-refractivity contribution in [3.63, 3.8) is 0 Å². The molecule has 0 nitrogen and oxygen atoms in total. The molecule has 0 saturated heterocycles. The van der Waals surface area contributed by atoms with E-state index in [1.165, 1.54) is 30.3 Å². The molecule has 0 aliphatic rings. The van der Waals surface area contributed by atoms with E-state index in [-0.39, 0.29) is 75.9 Å². The van der Waals surface area contributed by atoms with Gasteiger partial charge in [0, 0.05) is 0 Å². The summed E-state index contributed by atoms with van der Waals surface area (Å²) in [4.78, 5) is 0. The molecule has 2 aromatic rings. The van der Waals surface area contributed by atoms with Crippen LogP contribution >= 0.6 is 8.58 Å². The first-order valence-corrected chi connectivity index (χ1v) is 5.98. The van der Waals surface area contributed by atoms with Crippen molar-refractivity contribution < 1.29 is 52.8 Å². The van der Waals surface area contributed by atoms with Gasteiger partial charge in [-0.05, 0) is 13.8 Å². The number of hydrogen-bond acceptors (Lipinski definition) is 0. The summed E-state index contributed by atoms with van der Waals surface area (Å²) in [6.07, 6.45) is 0. The van der Waals surface area contributed by atoms with Crippen LogP contribution in [0.15, 0.2) is 48.5 Å². The van der Waals surface area contributed by atoms with Gasteiger partial charge in [-0.3, -0.25) is 0 Å². The zero-order valence-electron chi connectivity index (χ0n) is 11.5. The SMILES string of the molecule is Cc1cccc([P-]c2cccc(C)c2)c1.[Br-].[Br-].[Li+].[Mg+2]. The summed E-state index contributed by atoms with van der Waals surface area (Å²) in [6, 6.07) is 17.3. The molecule has 0 aromatic heterocycles. The molecule has 0 N–H and O–H groups in total. The van der Waals surface area contributed by atoms with Crippen molar-refractivity contribution in [3.05, 3.63) is 59.7 Å². The van der Waals surface area contributed by atoms with Gasteiger partial charge in [-0.2, -0.15) is 10.6 Å². The maximum Gasteiger partial charge on any atom is 2.00 e. The molecule has 0 radical (unpaired) electrons. The van der Waals surface area contributed by atoms with E-state index in [0.29, 0.717) is 0 Å². The molecule has 0 atom stereocenters. The van der Waals surface area contributed by atoms with Gasteiger partial charge in [-0.25, -0.2) is 0 Å². The van der Waals surface area contributed by atoms with Gasteiger partial charge in [0.2, 0.25) is 0 Å². The van der Waals surface area contributed by atoms with Crippen molar-refractivity contribution in [3.8, 4) is 0 Å². The minimum atomic E-state index is 0. The Labute approximate surface area is 167 Å². The summed E-state index contributed by atoms with van der Waals surface area (Å²) < 4.78 is 0. The van der Waals surface area contributed by atoms with Crippen molar-refractivity contribution in [1.82, 2.24) is 0 Å².